The van der Waals surface area contributed by atoms with Crippen molar-refractivity contribution in [2.45, 2.75) is 58.2 Å². The molecule has 142 valence electrons. The number of unbranched alkanes of at least 4 members (excludes halogenated alkanes) is 2. The van der Waals surface area contributed by atoms with Gasteiger partial charge in [-0.1, -0.05) is 26.7 Å². The molecule has 0 saturated carbocycles. The first-order chi connectivity index (χ1) is 12.3. The van der Waals surface area contributed by atoms with Gasteiger partial charge in [0.15, 0.2) is 0 Å². The summed E-state index contributed by atoms with van der Waals surface area (Å²) in [7, 11) is 0. The van der Waals surface area contributed by atoms with Crippen LogP contribution in [0.25, 0.3) is 5.69 Å². The van der Waals surface area contributed by atoms with Crippen molar-refractivity contribution in [3.63, 3.8) is 0 Å². The van der Waals surface area contributed by atoms with E-state index in [4.69, 9.17) is 4.74 Å². The van der Waals surface area contributed by atoms with Crippen LogP contribution in [0.4, 0.5) is 13.2 Å². The fourth-order valence-electron chi connectivity index (χ4n) is 2.70. The molecular weight excluding hydrogens is 343 g/mol. The first-order valence-corrected chi connectivity index (χ1v) is 8.92. The third-order valence-corrected chi connectivity index (χ3v) is 4.24. The van der Waals surface area contributed by atoms with E-state index >= 15 is 0 Å². The second-order valence-electron chi connectivity index (χ2n) is 6.26. The first kappa shape index (κ1) is 20.1. The number of ether oxygens (including phenoxy) is 1. The summed E-state index contributed by atoms with van der Waals surface area (Å²) in [4.78, 5) is 11.9. The van der Waals surface area contributed by atoms with Gasteiger partial charge in [0.2, 0.25) is 0 Å². The van der Waals surface area contributed by atoms with Crippen molar-refractivity contribution < 1.29 is 17.9 Å². The van der Waals surface area contributed by atoms with Crippen LogP contribution in [0.15, 0.2) is 47.4 Å². The minimum Gasteiger partial charge on any atom is -0.490 e. The number of pyridine rings is 1. The number of hydrogen-bond acceptors (Lipinski definition) is 2. The topological polar surface area (TPSA) is 31.2 Å². The normalized spacial score (nSPS) is 12.8. The SMILES string of the molecule is CCCCCC(CC)Oc1ccc(-n2cc(C(F)(F)F)ccc2=O)cc1. The molecule has 3 nitrogen and oxygen atoms in total. The quantitative estimate of drug-likeness (QED) is 0.569. The molecule has 2 aromatic rings. The van der Waals surface area contributed by atoms with E-state index in [1.165, 1.54) is 0 Å². The van der Waals surface area contributed by atoms with E-state index in [9.17, 15) is 18.0 Å². The largest absolute Gasteiger partial charge is 0.490 e. The van der Waals surface area contributed by atoms with Crippen LogP contribution in [0.3, 0.4) is 0 Å². The van der Waals surface area contributed by atoms with Gasteiger partial charge in [-0.25, -0.2) is 0 Å². The van der Waals surface area contributed by atoms with Crippen LogP contribution in [-0.4, -0.2) is 10.7 Å². The van der Waals surface area contributed by atoms with Gasteiger partial charge >= 0.3 is 6.18 Å². The Morgan fingerprint density at radius 2 is 1.73 bits per heavy atom. The standard InChI is InChI=1S/C20H24F3NO2/c1-3-5-6-7-17(4-2)26-18-11-9-16(10-12-18)24-14-15(20(21,22)23)8-13-19(24)25/h8-14,17H,3-7H2,1-2H3. The zero-order valence-electron chi connectivity index (χ0n) is 15.1. The molecule has 1 heterocycles. The Labute approximate surface area is 151 Å². The minimum absolute atomic E-state index is 0.115. The van der Waals surface area contributed by atoms with E-state index in [2.05, 4.69) is 13.8 Å². The van der Waals surface area contributed by atoms with Gasteiger partial charge in [-0.3, -0.25) is 9.36 Å². The molecule has 26 heavy (non-hydrogen) atoms. The summed E-state index contributed by atoms with van der Waals surface area (Å²) < 4.78 is 45.5. The average Bonchev–Trinajstić information content (AvgIpc) is 2.61. The number of halogens is 3. The van der Waals surface area contributed by atoms with E-state index in [0.29, 0.717) is 11.4 Å². The van der Waals surface area contributed by atoms with Gasteiger partial charge in [-0.2, -0.15) is 13.2 Å². The number of hydrogen-bond donors (Lipinski definition) is 0. The lowest BCUT2D eigenvalue weighted by atomic mass is 10.1. The van der Waals surface area contributed by atoms with Crippen LogP contribution in [0.5, 0.6) is 5.75 Å². The highest BCUT2D eigenvalue weighted by molar-refractivity contribution is 5.38. The smallest absolute Gasteiger partial charge is 0.417 e. The summed E-state index contributed by atoms with van der Waals surface area (Å²) >= 11 is 0. The van der Waals surface area contributed by atoms with Gasteiger partial charge in [0.25, 0.3) is 5.56 Å². The minimum atomic E-state index is -4.49. The molecule has 2 rings (SSSR count). The fourth-order valence-corrected chi connectivity index (χ4v) is 2.70. The molecule has 1 unspecified atom stereocenters. The first-order valence-electron chi connectivity index (χ1n) is 8.92. The van der Waals surface area contributed by atoms with Gasteiger partial charge < -0.3 is 4.74 Å². The van der Waals surface area contributed by atoms with Gasteiger partial charge in [0.1, 0.15) is 5.75 Å². The number of alkyl halides is 3. The molecular formula is C20H24F3NO2. The molecule has 0 N–H and O–H groups in total. The summed E-state index contributed by atoms with van der Waals surface area (Å²) in [6, 6.07) is 8.27. The lowest BCUT2D eigenvalue weighted by Gasteiger charge is -2.18. The van der Waals surface area contributed by atoms with E-state index in [-0.39, 0.29) is 6.10 Å². The highest BCUT2D eigenvalue weighted by Crippen LogP contribution is 2.28. The summed E-state index contributed by atoms with van der Waals surface area (Å²) in [6.45, 7) is 4.21. The van der Waals surface area contributed by atoms with Gasteiger partial charge in [0.05, 0.1) is 11.7 Å². The van der Waals surface area contributed by atoms with Crippen molar-refractivity contribution in [1.82, 2.24) is 4.57 Å². The molecule has 0 aliphatic carbocycles. The Bertz CT molecular complexity index is 751. The number of aromatic nitrogens is 1. The van der Waals surface area contributed by atoms with Gasteiger partial charge in [-0.05, 0) is 49.6 Å². The zero-order chi connectivity index (χ0) is 19.2. The lowest BCUT2D eigenvalue weighted by Crippen LogP contribution is -2.20. The Balaban J connectivity index is 2.15. The van der Waals surface area contributed by atoms with Crippen LogP contribution >= 0.6 is 0 Å². The average molecular weight is 367 g/mol. The van der Waals surface area contributed by atoms with Crippen LogP contribution in [0.1, 0.15) is 51.5 Å². The molecule has 0 radical (unpaired) electrons. The molecule has 0 aliphatic heterocycles. The highest BCUT2D eigenvalue weighted by Gasteiger charge is 2.31. The molecule has 6 heteroatoms. The van der Waals surface area contributed by atoms with E-state index < -0.39 is 17.3 Å². The third kappa shape index (κ3) is 5.38. The molecule has 0 saturated heterocycles. The number of benzene rings is 1. The molecule has 1 atom stereocenters. The number of rotatable bonds is 8. The predicted molar refractivity (Wildman–Crippen MR) is 95.9 cm³/mol. The molecule has 1 aromatic carbocycles. The van der Waals surface area contributed by atoms with Crippen molar-refractivity contribution in [2.24, 2.45) is 0 Å². The van der Waals surface area contributed by atoms with Crippen LogP contribution < -0.4 is 10.3 Å². The summed E-state index contributed by atoms with van der Waals surface area (Å²) in [5.41, 5.74) is -1.01. The molecule has 0 aliphatic rings. The molecule has 1 aromatic heterocycles. The zero-order valence-corrected chi connectivity index (χ0v) is 15.1. The maximum atomic E-state index is 12.9. The second-order valence-corrected chi connectivity index (χ2v) is 6.26. The van der Waals surface area contributed by atoms with Crippen LogP contribution in [0, 0.1) is 0 Å². The third-order valence-electron chi connectivity index (χ3n) is 4.24. The fraction of sp³-hybridized carbons (Fsp3) is 0.450. The maximum absolute atomic E-state index is 12.9. The van der Waals surface area contributed by atoms with Crippen molar-refractivity contribution in [2.75, 3.05) is 0 Å². The molecule has 0 amide bonds. The van der Waals surface area contributed by atoms with Crippen molar-refractivity contribution in [3.05, 3.63) is 58.5 Å². The van der Waals surface area contributed by atoms with E-state index in [0.717, 1.165) is 55.0 Å². The van der Waals surface area contributed by atoms with Gasteiger partial charge in [0, 0.05) is 18.0 Å². The van der Waals surface area contributed by atoms with E-state index in [1.807, 2.05) is 0 Å². The molecule has 0 bridgehead atoms. The Morgan fingerprint density at radius 1 is 1.04 bits per heavy atom. The monoisotopic (exact) mass is 367 g/mol. The molecule has 0 spiro atoms. The second kappa shape index (κ2) is 8.92. The Kier molecular flexibility index (Phi) is 6.89. The Hall–Kier alpha value is -2.24. The summed E-state index contributed by atoms with van der Waals surface area (Å²) in [6.07, 6.45) is 1.71. The maximum Gasteiger partial charge on any atom is 0.417 e. The summed E-state index contributed by atoms with van der Waals surface area (Å²) in [5.74, 6) is 0.650. The van der Waals surface area contributed by atoms with Crippen molar-refractivity contribution in [1.29, 1.82) is 0 Å². The Morgan fingerprint density at radius 3 is 2.31 bits per heavy atom. The van der Waals surface area contributed by atoms with Crippen molar-refractivity contribution in [3.8, 4) is 11.4 Å². The van der Waals surface area contributed by atoms with E-state index in [1.54, 1.807) is 24.3 Å². The van der Waals surface area contributed by atoms with Gasteiger partial charge in [-0.15, -0.1) is 0 Å². The molecule has 0 fully saturated rings. The number of nitrogens with zero attached hydrogens (tertiary/aromatic N) is 1. The predicted octanol–water partition coefficient (Wildman–Crippen LogP) is 5.59. The van der Waals surface area contributed by atoms with Crippen molar-refractivity contribution >= 4 is 0 Å². The lowest BCUT2D eigenvalue weighted by molar-refractivity contribution is -0.138. The van der Waals surface area contributed by atoms with Crippen LogP contribution in [-0.2, 0) is 6.18 Å². The highest BCUT2D eigenvalue weighted by atomic mass is 19.4. The summed E-state index contributed by atoms with van der Waals surface area (Å²) in [5, 5.41) is 0. The van der Waals surface area contributed by atoms with Crippen LogP contribution in [0.2, 0.25) is 0 Å².